The van der Waals surface area contributed by atoms with Gasteiger partial charge in [-0.3, -0.25) is 0 Å². The Bertz CT molecular complexity index is 216. The number of nitrogens with zero attached hydrogens (tertiary/aromatic N) is 1. The molecule has 1 aromatic rings. The Kier molecular flexibility index (Phi) is 2.42. The quantitative estimate of drug-likeness (QED) is 0.737. The Morgan fingerprint density at radius 3 is 3.08 bits per heavy atom. The van der Waals surface area contributed by atoms with Crippen molar-refractivity contribution in [2.75, 3.05) is 6.54 Å². The van der Waals surface area contributed by atoms with Gasteiger partial charge < -0.3 is 9.84 Å². The Morgan fingerprint density at radius 2 is 2.50 bits per heavy atom. The molecule has 1 fully saturated rings. The number of nitrogens with one attached hydrogen (secondary N) is 1. The molecule has 1 aromatic heterocycles. The topological polar surface area (TPSA) is 38.1 Å². The van der Waals surface area contributed by atoms with Gasteiger partial charge in [0.1, 0.15) is 6.26 Å². The van der Waals surface area contributed by atoms with Crippen LogP contribution in [0.1, 0.15) is 24.8 Å². The summed E-state index contributed by atoms with van der Waals surface area (Å²) in [5, 5.41) is 7.03. The third-order valence-electron chi connectivity index (χ3n) is 2.47. The third kappa shape index (κ3) is 1.85. The van der Waals surface area contributed by atoms with Gasteiger partial charge in [0, 0.05) is 12.1 Å². The Hall–Kier alpha value is -0.830. The van der Waals surface area contributed by atoms with E-state index < -0.39 is 0 Å². The van der Waals surface area contributed by atoms with Crippen LogP contribution in [0.15, 0.2) is 17.0 Å². The van der Waals surface area contributed by atoms with Gasteiger partial charge in [-0.1, -0.05) is 11.6 Å². The van der Waals surface area contributed by atoms with Gasteiger partial charge in [-0.2, -0.15) is 0 Å². The first-order valence-corrected chi connectivity index (χ1v) is 4.54. The maximum Gasteiger partial charge on any atom is 0.128 e. The van der Waals surface area contributed by atoms with Crippen molar-refractivity contribution in [2.45, 2.75) is 25.8 Å². The molecule has 3 nitrogen and oxygen atoms in total. The van der Waals surface area contributed by atoms with E-state index in [1.54, 1.807) is 12.5 Å². The molecule has 0 amide bonds. The lowest BCUT2D eigenvalue weighted by Crippen LogP contribution is -2.26. The summed E-state index contributed by atoms with van der Waals surface area (Å²) in [7, 11) is 0. The summed E-state index contributed by atoms with van der Waals surface area (Å²) in [5.74, 6) is 0.921. The zero-order chi connectivity index (χ0) is 8.23. The Morgan fingerprint density at radius 1 is 1.58 bits per heavy atom. The van der Waals surface area contributed by atoms with E-state index in [1.165, 1.54) is 19.3 Å². The summed E-state index contributed by atoms with van der Waals surface area (Å²) in [4.78, 5) is 0. The molecule has 1 heterocycles. The summed E-state index contributed by atoms with van der Waals surface area (Å²) in [6.07, 6.45) is 7.66. The standard InChI is InChI=1S/C9H14N2O/c1-2-8(3-1)4-10-5-9-6-11-12-7-9/h6-8,10H,1-5H2. The van der Waals surface area contributed by atoms with Crippen molar-refractivity contribution in [1.29, 1.82) is 0 Å². The minimum Gasteiger partial charge on any atom is -0.364 e. The van der Waals surface area contributed by atoms with E-state index in [2.05, 4.69) is 10.5 Å². The van der Waals surface area contributed by atoms with E-state index in [0.29, 0.717) is 0 Å². The molecule has 0 saturated heterocycles. The molecule has 1 saturated carbocycles. The first-order chi connectivity index (χ1) is 5.95. The second-order valence-electron chi connectivity index (χ2n) is 3.46. The van der Waals surface area contributed by atoms with E-state index in [-0.39, 0.29) is 0 Å². The SMILES string of the molecule is c1nocc1CNCC1CCC1. The first kappa shape index (κ1) is 7.80. The minimum absolute atomic E-state index is 0.889. The predicted molar refractivity (Wildman–Crippen MR) is 45.6 cm³/mol. The molecule has 0 atom stereocenters. The van der Waals surface area contributed by atoms with Gasteiger partial charge in [-0.15, -0.1) is 0 Å². The summed E-state index contributed by atoms with van der Waals surface area (Å²) < 4.78 is 4.72. The zero-order valence-corrected chi connectivity index (χ0v) is 7.12. The number of rotatable bonds is 4. The smallest absolute Gasteiger partial charge is 0.128 e. The average molecular weight is 166 g/mol. The predicted octanol–water partition coefficient (Wildman–Crippen LogP) is 1.56. The summed E-state index contributed by atoms with van der Waals surface area (Å²) >= 11 is 0. The Balaban J connectivity index is 1.62. The van der Waals surface area contributed by atoms with Gasteiger partial charge in [0.25, 0.3) is 0 Å². The fourth-order valence-electron chi connectivity index (χ4n) is 1.43. The van der Waals surface area contributed by atoms with E-state index >= 15 is 0 Å². The molecule has 1 aliphatic carbocycles. The molecule has 0 aliphatic heterocycles. The van der Waals surface area contributed by atoms with Crippen LogP contribution in [0.25, 0.3) is 0 Å². The van der Waals surface area contributed by atoms with Crippen LogP contribution in [0.2, 0.25) is 0 Å². The number of hydrogen-bond acceptors (Lipinski definition) is 3. The normalized spacial score (nSPS) is 17.7. The molecular formula is C9H14N2O. The zero-order valence-electron chi connectivity index (χ0n) is 7.12. The molecule has 0 unspecified atom stereocenters. The van der Waals surface area contributed by atoms with Gasteiger partial charge in [-0.25, -0.2) is 0 Å². The van der Waals surface area contributed by atoms with Crippen molar-refractivity contribution in [2.24, 2.45) is 5.92 Å². The van der Waals surface area contributed by atoms with Gasteiger partial charge in [-0.05, 0) is 25.3 Å². The molecule has 1 aliphatic rings. The fraction of sp³-hybridized carbons (Fsp3) is 0.667. The van der Waals surface area contributed by atoms with Crippen molar-refractivity contribution in [3.63, 3.8) is 0 Å². The number of hydrogen-bond donors (Lipinski definition) is 1. The van der Waals surface area contributed by atoms with Crippen molar-refractivity contribution in [3.05, 3.63) is 18.0 Å². The van der Waals surface area contributed by atoms with E-state index in [9.17, 15) is 0 Å². The van der Waals surface area contributed by atoms with E-state index in [1.807, 2.05) is 0 Å². The molecular weight excluding hydrogens is 152 g/mol. The molecule has 2 rings (SSSR count). The van der Waals surface area contributed by atoms with Crippen molar-refractivity contribution in [1.82, 2.24) is 10.5 Å². The molecule has 0 radical (unpaired) electrons. The van der Waals surface area contributed by atoms with Gasteiger partial charge in [0.15, 0.2) is 0 Å². The van der Waals surface area contributed by atoms with Gasteiger partial charge in [0.05, 0.1) is 6.20 Å². The maximum absolute atomic E-state index is 4.72. The van der Waals surface area contributed by atoms with E-state index in [0.717, 1.165) is 24.6 Å². The van der Waals surface area contributed by atoms with Crippen LogP contribution in [0.3, 0.4) is 0 Å². The highest BCUT2D eigenvalue weighted by molar-refractivity contribution is 4.99. The lowest BCUT2D eigenvalue weighted by molar-refractivity contribution is 0.301. The van der Waals surface area contributed by atoms with Crippen molar-refractivity contribution >= 4 is 0 Å². The fourth-order valence-corrected chi connectivity index (χ4v) is 1.43. The molecule has 3 heteroatoms. The highest BCUT2D eigenvalue weighted by Crippen LogP contribution is 2.25. The Labute approximate surface area is 72.1 Å². The molecule has 66 valence electrons. The number of aromatic nitrogens is 1. The highest BCUT2D eigenvalue weighted by Gasteiger charge is 2.16. The van der Waals surface area contributed by atoms with Crippen LogP contribution >= 0.6 is 0 Å². The molecule has 0 bridgehead atoms. The van der Waals surface area contributed by atoms with Crippen molar-refractivity contribution in [3.8, 4) is 0 Å². The van der Waals surface area contributed by atoms with Crippen LogP contribution in [-0.4, -0.2) is 11.7 Å². The van der Waals surface area contributed by atoms with Crippen LogP contribution in [0.4, 0.5) is 0 Å². The molecule has 0 aromatic carbocycles. The third-order valence-corrected chi connectivity index (χ3v) is 2.47. The van der Waals surface area contributed by atoms with Crippen LogP contribution < -0.4 is 5.32 Å². The lowest BCUT2D eigenvalue weighted by atomic mass is 9.85. The van der Waals surface area contributed by atoms with E-state index in [4.69, 9.17) is 4.52 Å². The molecule has 12 heavy (non-hydrogen) atoms. The summed E-state index contributed by atoms with van der Waals surface area (Å²) in [6, 6.07) is 0. The molecule has 1 N–H and O–H groups in total. The van der Waals surface area contributed by atoms with Gasteiger partial charge in [0.2, 0.25) is 0 Å². The molecule has 0 spiro atoms. The largest absolute Gasteiger partial charge is 0.364 e. The van der Waals surface area contributed by atoms with Gasteiger partial charge >= 0.3 is 0 Å². The monoisotopic (exact) mass is 166 g/mol. The second-order valence-corrected chi connectivity index (χ2v) is 3.46. The summed E-state index contributed by atoms with van der Waals surface area (Å²) in [5.41, 5.74) is 1.13. The lowest BCUT2D eigenvalue weighted by Gasteiger charge is -2.25. The average Bonchev–Trinajstić information content (AvgIpc) is 2.46. The first-order valence-electron chi connectivity index (χ1n) is 4.54. The van der Waals surface area contributed by atoms with Crippen LogP contribution in [0.5, 0.6) is 0 Å². The highest BCUT2D eigenvalue weighted by atomic mass is 16.5. The van der Waals surface area contributed by atoms with Crippen molar-refractivity contribution < 1.29 is 4.52 Å². The second kappa shape index (κ2) is 3.72. The maximum atomic E-state index is 4.72. The van der Waals surface area contributed by atoms with Crippen LogP contribution in [0, 0.1) is 5.92 Å². The minimum atomic E-state index is 0.889. The van der Waals surface area contributed by atoms with Crippen LogP contribution in [-0.2, 0) is 6.54 Å². The summed E-state index contributed by atoms with van der Waals surface area (Å²) in [6.45, 7) is 2.03.